The summed E-state index contributed by atoms with van der Waals surface area (Å²) in [5.74, 6) is -3.39. The predicted molar refractivity (Wildman–Crippen MR) is 21.0 cm³/mol. The first kappa shape index (κ1) is 7.20. The third kappa shape index (κ3) is 1.77. The molecule has 0 rings (SSSR count). The molecule has 4 heteroatoms. The lowest BCUT2D eigenvalue weighted by Gasteiger charge is -1.82. The van der Waals surface area contributed by atoms with E-state index in [-0.39, 0.29) is 0 Å². The maximum Gasteiger partial charge on any atom is 0.362 e. The Kier molecular flexibility index (Phi) is 2.24. The molecule has 0 spiro atoms. The molecule has 0 saturated heterocycles. The second-order valence-electron chi connectivity index (χ2n) is 1.12. The lowest BCUT2D eigenvalue weighted by Crippen LogP contribution is -1.88. The Bertz CT molecular complexity index is 134. The van der Waals surface area contributed by atoms with Crippen LogP contribution in [0.4, 0.5) is 13.2 Å². The quantitative estimate of drug-likeness (QED) is 0.383. The standard InChI is InChI=1S/C4H3F3O/c1-2(5)3(6)4(7)8/h1H3/b3-2-. The van der Waals surface area contributed by atoms with Crippen molar-refractivity contribution in [2.75, 3.05) is 0 Å². The lowest BCUT2D eigenvalue weighted by molar-refractivity contribution is -0.126. The monoisotopic (exact) mass is 124 g/mol. The van der Waals surface area contributed by atoms with Crippen molar-refractivity contribution < 1.29 is 18.0 Å². The van der Waals surface area contributed by atoms with Gasteiger partial charge in [0.2, 0.25) is 5.83 Å². The van der Waals surface area contributed by atoms with Crippen molar-refractivity contribution in [2.45, 2.75) is 6.92 Å². The molecule has 0 unspecified atom stereocenters. The van der Waals surface area contributed by atoms with Crippen LogP contribution in [0.3, 0.4) is 0 Å². The van der Waals surface area contributed by atoms with Gasteiger partial charge >= 0.3 is 6.04 Å². The van der Waals surface area contributed by atoms with Crippen molar-refractivity contribution in [1.29, 1.82) is 0 Å². The first-order chi connectivity index (χ1) is 3.55. The number of hydrogen-bond acceptors (Lipinski definition) is 1. The molecule has 0 aromatic heterocycles. The SMILES string of the molecule is C/C(F)=C(/F)C(=O)F. The average Bonchev–Trinajstić information content (AvgIpc) is 1.64. The summed E-state index contributed by atoms with van der Waals surface area (Å²) in [5, 5.41) is 0. The molecule has 0 aromatic rings. The Morgan fingerprint density at radius 1 is 1.25 bits per heavy atom. The molecule has 0 heterocycles. The fraction of sp³-hybridized carbons (Fsp3) is 0.250. The van der Waals surface area contributed by atoms with Gasteiger partial charge in [-0.2, -0.15) is 8.78 Å². The second-order valence-corrected chi connectivity index (χ2v) is 1.12. The van der Waals surface area contributed by atoms with Gasteiger partial charge in [-0.1, -0.05) is 0 Å². The van der Waals surface area contributed by atoms with Crippen molar-refractivity contribution in [1.82, 2.24) is 0 Å². The van der Waals surface area contributed by atoms with Gasteiger partial charge in [0.1, 0.15) is 5.83 Å². The summed E-state index contributed by atoms with van der Waals surface area (Å²) < 4.78 is 33.9. The summed E-state index contributed by atoms with van der Waals surface area (Å²) in [5.41, 5.74) is 0. The average molecular weight is 124 g/mol. The fourth-order valence-corrected chi connectivity index (χ4v) is 0.135. The Labute approximate surface area is 43.8 Å². The van der Waals surface area contributed by atoms with Gasteiger partial charge in [-0.25, -0.2) is 4.39 Å². The fourth-order valence-electron chi connectivity index (χ4n) is 0.135. The van der Waals surface area contributed by atoms with Crippen LogP contribution >= 0.6 is 0 Å². The summed E-state index contributed by atoms with van der Waals surface area (Å²) in [6, 6.07) is -2.37. The second kappa shape index (κ2) is 2.49. The zero-order chi connectivity index (χ0) is 6.73. The molecule has 46 valence electrons. The molecule has 0 fully saturated rings. The maximum absolute atomic E-state index is 11.4. The number of allylic oxidation sites excluding steroid dienone is 2. The highest BCUT2D eigenvalue weighted by Gasteiger charge is 2.09. The van der Waals surface area contributed by atoms with Crippen LogP contribution in [0.1, 0.15) is 6.92 Å². The summed E-state index contributed by atoms with van der Waals surface area (Å²) in [4.78, 5) is 9.25. The van der Waals surface area contributed by atoms with Crippen LogP contribution in [0.2, 0.25) is 0 Å². The molecule has 0 aliphatic heterocycles. The third-order valence-corrected chi connectivity index (χ3v) is 0.475. The van der Waals surface area contributed by atoms with Crippen molar-refractivity contribution in [2.24, 2.45) is 0 Å². The van der Waals surface area contributed by atoms with Crippen LogP contribution in [-0.4, -0.2) is 6.04 Å². The topological polar surface area (TPSA) is 17.1 Å². The summed E-state index contributed by atoms with van der Waals surface area (Å²) >= 11 is 0. The molecule has 0 N–H and O–H groups in total. The van der Waals surface area contributed by atoms with Gasteiger partial charge in [0.05, 0.1) is 0 Å². The first-order valence-electron chi connectivity index (χ1n) is 1.77. The smallest absolute Gasteiger partial charge is 0.253 e. The minimum atomic E-state index is -2.37. The zero-order valence-corrected chi connectivity index (χ0v) is 4.04. The van der Waals surface area contributed by atoms with Crippen LogP contribution in [0.25, 0.3) is 0 Å². The summed E-state index contributed by atoms with van der Waals surface area (Å²) in [6.45, 7) is 0.660. The van der Waals surface area contributed by atoms with Crippen molar-refractivity contribution in [3.63, 3.8) is 0 Å². The van der Waals surface area contributed by atoms with E-state index < -0.39 is 17.7 Å². The lowest BCUT2D eigenvalue weighted by atomic mass is 10.5. The largest absolute Gasteiger partial charge is 0.362 e. The molecule has 0 radical (unpaired) electrons. The molecular weight excluding hydrogens is 121 g/mol. The van der Waals surface area contributed by atoms with Gasteiger partial charge < -0.3 is 0 Å². The van der Waals surface area contributed by atoms with Gasteiger partial charge in [0, 0.05) is 0 Å². The minimum absolute atomic E-state index is 0.660. The Morgan fingerprint density at radius 2 is 1.62 bits per heavy atom. The highest BCUT2D eigenvalue weighted by atomic mass is 19.2. The predicted octanol–water partition coefficient (Wildman–Crippen LogP) is 1.65. The molecular formula is C4H3F3O. The third-order valence-electron chi connectivity index (χ3n) is 0.475. The maximum atomic E-state index is 11.4. The molecule has 0 saturated carbocycles. The normalized spacial score (nSPS) is 13.0. The van der Waals surface area contributed by atoms with Crippen molar-refractivity contribution in [3.8, 4) is 0 Å². The van der Waals surface area contributed by atoms with E-state index in [0.29, 0.717) is 6.92 Å². The Balaban J connectivity index is 4.23. The number of rotatable bonds is 1. The van der Waals surface area contributed by atoms with E-state index >= 15 is 0 Å². The number of carbonyl (C=O) groups excluding carboxylic acids is 1. The van der Waals surface area contributed by atoms with E-state index in [4.69, 9.17) is 0 Å². The number of hydrogen-bond donors (Lipinski definition) is 0. The van der Waals surface area contributed by atoms with Crippen LogP contribution in [0.15, 0.2) is 11.7 Å². The van der Waals surface area contributed by atoms with Crippen LogP contribution in [-0.2, 0) is 4.79 Å². The molecule has 0 aliphatic carbocycles. The van der Waals surface area contributed by atoms with Crippen molar-refractivity contribution >= 4 is 6.04 Å². The van der Waals surface area contributed by atoms with Crippen molar-refractivity contribution in [3.05, 3.63) is 11.7 Å². The van der Waals surface area contributed by atoms with Crippen LogP contribution in [0.5, 0.6) is 0 Å². The summed E-state index contributed by atoms with van der Waals surface area (Å²) in [6.07, 6.45) is 0. The minimum Gasteiger partial charge on any atom is -0.253 e. The highest BCUT2D eigenvalue weighted by Crippen LogP contribution is 2.07. The van der Waals surface area contributed by atoms with E-state index in [0.717, 1.165) is 0 Å². The van der Waals surface area contributed by atoms with Gasteiger partial charge in [-0.3, -0.25) is 4.79 Å². The Hall–Kier alpha value is -0.800. The van der Waals surface area contributed by atoms with Gasteiger partial charge in [0.15, 0.2) is 0 Å². The van der Waals surface area contributed by atoms with E-state index in [1.54, 1.807) is 0 Å². The van der Waals surface area contributed by atoms with Gasteiger partial charge in [-0.05, 0) is 6.92 Å². The molecule has 0 bridgehead atoms. The molecule has 1 nitrogen and oxygen atoms in total. The number of halogens is 3. The van der Waals surface area contributed by atoms with Gasteiger partial charge in [0.25, 0.3) is 0 Å². The summed E-state index contributed by atoms with van der Waals surface area (Å²) in [7, 11) is 0. The molecule has 8 heavy (non-hydrogen) atoms. The molecule has 0 aromatic carbocycles. The van der Waals surface area contributed by atoms with E-state index in [9.17, 15) is 18.0 Å². The first-order valence-corrected chi connectivity index (χ1v) is 1.77. The molecule has 0 atom stereocenters. The van der Waals surface area contributed by atoms with Crippen LogP contribution in [0, 0.1) is 0 Å². The van der Waals surface area contributed by atoms with E-state index in [2.05, 4.69) is 0 Å². The van der Waals surface area contributed by atoms with E-state index in [1.807, 2.05) is 0 Å². The van der Waals surface area contributed by atoms with Gasteiger partial charge in [-0.15, -0.1) is 0 Å². The molecule has 0 aliphatic rings. The number of carbonyl (C=O) groups is 1. The van der Waals surface area contributed by atoms with Crippen LogP contribution < -0.4 is 0 Å². The highest BCUT2D eigenvalue weighted by molar-refractivity contribution is 5.85. The van der Waals surface area contributed by atoms with E-state index in [1.165, 1.54) is 0 Å². The Morgan fingerprint density at radius 3 is 1.62 bits per heavy atom. The molecule has 0 amide bonds. The zero-order valence-electron chi connectivity index (χ0n) is 4.04.